The first-order chi connectivity index (χ1) is 12.1. The van der Waals surface area contributed by atoms with Crippen LogP contribution in [0.2, 0.25) is 0 Å². The number of benzene rings is 2. The van der Waals surface area contributed by atoms with Gasteiger partial charge in [-0.2, -0.15) is 0 Å². The lowest BCUT2D eigenvalue weighted by atomic mass is 10.0. The first kappa shape index (κ1) is 19.1. The number of hydrogen-bond donors (Lipinski definition) is 1. The summed E-state index contributed by atoms with van der Waals surface area (Å²) in [5.74, 6) is 1.77. The number of hydrogen-bond acceptors (Lipinski definition) is 4. The van der Waals surface area contributed by atoms with Gasteiger partial charge in [0.05, 0.1) is 20.3 Å². The monoisotopic (exact) mass is 407 g/mol. The molecule has 0 aromatic heterocycles. The van der Waals surface area contributed by atoms with Gasteiger partial charge < -0.3 is 19.5 Å². The van der Waals surface area contributed by atoms with Gasteiger partial charge in [0.25, 0.3) is 5.91 Å². The van der Waals surface area contributed by atoms with Gasteiger partial charge in [0, 0.05) is 4.47 Å². The fourth-order valence-corrected chi connectivity index (χ4v) is 2.67. The van der Waals surface area contributed by atoms with E-state index in [9.17, 15) is 4.79 Å². The van der Waals surface area contributed by atoms with Crippen LogP contribution >= 0.6 is 15.9 Å². The van der Waals surface area contributed by atoms with E-state index in [0.717, 1.165) is 16.5 Å². The molecule has 0 heterocycles. The Morgan fingerprint density at radius 2 is 1.76 bits per heavy atom. The van der Waals surface area contributed by atoms with E-state index in [0.29, 0.717) is 17.2 Å². The molecule has 5 nitrogen and oxygen atoms in total. The number of methoxy groups -OCH3 is 2. The largest absolute Gasteiger partial charge is 0.493 e. The van der Waals surface area contributed by atoms with Gasteiger partial charge >= 0.3 is 0 Å². The van der Waals surface area contributed by atoms with Crippen LogP contribution in [0.15, 0.2) is 46.9 Å². The molecule has 0 fully saturated rings. The summed E-state index contributed by atoms with van der Waals surface area (Å²) in [5, 5.41) is 2.98. The van der Waals surface area contributed by atoms with Crippen molar-refractivity contribution in [2.24, 2.45) is 0 Å². The lowest BCUT2D eigenvalue weighted by Crippen LogP contribution is -2.32. The van der Waals surface area contributed by atoms with Gasteiger partial charge in [0.15, 0.2) is 18.1 Å². The van der Waals surface area contributed by atoms with Crippen molar-refractivity contribution in [1.29, 1.82) is 0 Å². The lowest BCUT2D eigenvalue weighted by molar-refractivity contribution is -0.123. The Kier molecular flexibility index (Phi) is 7.13. The van der Waals surface area contributed by atoms with Crippen molar-refractivity contribution in [1.82, 2.24) is 5.32 Å². The SMILES string of the molecule is CC[C@@H](NC(=O)COc1ccc(Br)cc1)c1ccc(OC)c(OC)c1. The molecule has 134 valence electrons. The number of carbonyl (C=O) groups excluding carboxylic acids is 1. The van der Waals surface area contributed by atoms with E-state index in [-0.39, 0.29) is 18.6 Å². The third-order valence-electron chi connectivity index (χ3n) is 3.74. The summed E-state index contributed by atoms with van der Waals surface area (Å²) in [4.78, 5) is 12.2. The summed E-state index contributed by atoms with van der Waals surface area (Å²) < 4.78 is 17.0. The van der Waals surface area contributed by atoms with E-state index in [1.807, 2.05) is 49.4 Å². The number of rotatable bonds is 8. The minimum Gasteiger partial charge on any atom is -0.493 e. The van der Waals surface area contributed by atoms with Gasteiger partial charge in [0.1, 0.15) is 5.75 Å². The van der Waals surface area contributed by atoms with Crippen LogP contribution in [0.3, 0.4) is 0 Å². The maximum Gasteiger partial charge on any atom is 0.258 e. The first-order valence-corrected chi connectivity index (χ1v) is 8.76. The molecule has 0 saturated carbocycles. The summed E-state index contributed by atoms with van der Waals surface area (Å²) in [7, 11) is 3.18. The normalized spacial score (nSPS) is 11.5. The quantitative estimate of drug-likeness (QED) is 0.714. The van der Waals surface area contributed by atoms with Crippen LogP contribution in [0.25, 0.3) is 0 Å². The Morgan fingerprint density at radius 1 is 1.08 bits per heavy atom. The maximum atomic E-state index is 12.2. The smallest absolute Gasteiger partial charge is 0.258 e. The maximum absolute atomic E-state index is 12.2. The van der Waals surface area contributed by atoms with E-state index in [1.54, 1.807) is 14.2 Å². The molecule has 1 amide bonds. The zero-order valence-electron chi connectivity index (χ0n) is 14.5. The summed E-state index contributed by atoms with van der Waals surface area (Å²) in [6.45, 7) is 1.97. The number of amides is 1. The van der Waals surface area contributed by atoms with Crippen LogP contribution in [-0.4, -0.2) is 26.7 Å². The molecule has 1 N–H and O–H groups in total. The van der Waals surface area contributed by atoms with Crippen molar-refractivity contribution < 1.29 is 19.0 Å². The fraction of sp³-hybridized carbons (Fsp3) is 0.316. The van der Waals surface area contributed by atoms with Gasteiger partial charge in [-0.25, -0.2) is 0 Å². The number of nitrogens with one attached hydrogen (secondary N) is 1. The number of carbonyl (C=O) groups is 1. The average molecular weight is 408 g/mol. The van der Waals surface area contributed by atoms with Crippen molar-refractivity contribution >= 4 is 21.8 Å². The van der Waals surface area contributed by atoms with Crippen molar-refractivity contribution in [3.05, 3.63) is 52.5 Å². The van der Waals surface area contributed by atoms with E-state index in [1.165, 1.54) is 0 Å². The molecule has 2 aromatic carbocycles. The molecule has 6 heteroatoms. The van der Waals surface area contributed by atoms with Gasteiger partial charge in [-0.15, -0.1) is 0 Å². The molecule has 0 saturated heterocycles. The Labute approximate surface area is 156 Å². The second-order valence-corrected chi connectivity index (χ2v) is 6.30. The Balaban J connectivity index is 1.98. The first-order valence-electron chi connectivity index (χ1n) is 7.97. The third kappa shape index (κ3) is 5.39. The van der Waals surface area contributed by atoms with E-state index in [2.05, 4.69) is 21.2 Å². The van der Waals surface area contributed by atoms with Crippen LogP contribution in [-0.2, 0) is 4.79 Å². The van der Waals surface area contributed by atoms with Gasteiger partial charge in [-0.1, -0.05) is 28.9 Å². The summed E-state index contributed by atoms with van der Waals surface area (Å²) in [6.07, 6.45) is 0.750. The van der Waals surface area contributed by atoms with Gasteiger partial charge in [-0.05, 0) is 48.4 Å². The van der Waals surface area contributed by atoms with E-state index in [4.69, 9.17) is 14.2 Å². The van der Waals surface area contributed by atoms with Crippen molar-refractivity contribution in [3.63, 3.8) is 0 Å². The lowest BCUT2D eigenvalue weighted by Gasteiger charge is -2.19. The molecule has 2 aromatic rings. The highest BCUT2D eigenvalue weighted by atomic mass is 79.9. The molecule has 25 heavy (non-hydrogen) atoms. The molecule has 0 unspecified atom stereocenters. The molecule has 2 rings (SSSR count). The van der Waals surface area contributed by atoms with Crippen LogP contribution in [0.5, 0.6) is 17.2 Å². The fourth-order valence-electron chi connectivity index (χ4n) is 2.41. The van der Waals surface area contributed by atoms with Crippen LogP contribution in [0.4, 0.5) is 0 Å². The summed E-state index contributed by atoms with van der Waals surface area (Å²) >= 11 is 3.36. The van der Waals surface area contributed by atoms with Crippen LogP contribution < -0.4 is 19.5 Å². The molecule has 0 aliphatic carbocycles. The number of ether oxygens (including phenoxy) is 3. The van der Waals surface area contributed by atoms with Crippen LogP contribution in [0.1, 0.15) is 24.9 Å². The third-order valence-corrected chi connectivity index (χ3v) is 4.27. The van der Waals surface area contributed by atoms with Crippen LogP contribution in [0, 0.1) is 0 Å². The molecule has 0 radical (unpaired) electrons. The molecular formula is C19H22BrNO4. The topological polar surface area (TPSA) is 56.8 Å². The summed E-state index contributed by atoms with van der Waals surface area (Å²) in [5.41, 5.74) is 0.956. The van der Waals surface area contributed by atoms with Crippen molar-refractivity contribution in [3.8, 4) is 17.2 Å². The molecular weight excluding hydrogens is 386 g/mol. The highest BCUT2D eigenvalue weighted by Crippen LogP contribution is 2.30. The molecule has 0 aliphatic heterocycles. The minimum absolute atomic E-state index is 0.0363. The second-order valence-electron chi connectivity index (χ2n) is 5.39. The standard InChI is InChI=1S/C19H22BrNO4/c1-4-16(13-5-10-17(23-2)18(11-13)24-3)21-19(22)12-25-15-8-6-14(20)7-9-15/h5-11,16H,4,12H2,1-3H3,(H,21,22)/t16-/m1/s1. The highest BCUT2D eigenvalue weighted by Gasteiger charge is 2.15. The second kappa shape index (κ2) is 9.32. The Bertz CT molecular complexity index is 703. The van der Waals surface area contributed by atoms with Gasteiger partial charge in [0.2, 0.25) is 0 Å². The van der Waals surface area contributed by atoms with E-state index >= 15 is 0 Å². The predicted octanol–water partition coefficient (Wildman–Crippen LogP) is 4.11. The van der Waals surface area contributed by atoms with Gasteiger partial charge in [-0.3, -0.25) is 4.79 Å². The molecule has 0 spiro atoms. The van der Waals surface area contributed by atoms with Crippen molar-refractivity contribution in [2.45, 2.75) is 19.4 Å². The average Bonchev–Trinajstić information content (AvgIpc) is 2.65. The molecule has 1 atom stereocenters. The zero-order chi connectivity index (χ0) is 18.2. The van der Waals surface area contributed by atoms with E-state index < -0.39 is 0 Å². The molecule has 0 aliphatic rings. The molecule has 0 bridgehead atoms. The highest BCUT2D eigenvalue weighted by molar-refractivity contribution is 9.10. The Hall–Kier alpha value is -2.21. The van der Waals surface area contributed by atoms with Crippen molar-refractivity contribution in [2.75, 3.05) is 20.8 Å². The Morgan fingerprint density at radius 3 is 2.36 bits per heavy atom. The number of halogens is 1. The zero-order valence-corrected chi connectivity index (χ0v) is 16.1. The summed E-state index contributed by atoms with van der Waals surface area (Å²) in [6, 6.07) is 12.9. The predicted molar refractivity (Wildman–Crippen MR) is 100 cm³/mol. The minimum atomic E-state index is -0.176.